The molecule has 0 spiro atoms. The molecule has 0 aliphatic carbocycles. The van der Waals surface area contributed by atoms with Crippen LogP contribution in [0.4, 0.5) is 5.69 Å². The van der Waals surface area contributed by atoms with Crippen LogP contribution in [0.3, 0.4) is 0 Å². The maximum Gasteiger partial charge on any atom is 0.261 e. The zero-order valence-corrected chi connectivity index (χ0v) is 16.6. The predicted octanol–water partition coefficient (Wildman–Crippen LogP) is 4.52. The Morgan fingerprint density at radius 1 is 0.828 bits per heavy atom. The van der Waals surface area contributed by atoms with Crippen molar-refractivity contribution in [2.24, 2.45) is 5.92 Å². The molecule has 0 saturated carbocycles. The molecule has 4 heteroatoms. The van der Waals surface area contributed by atoms with E-state index in [0.29, 0.717) is 17.0 Å². The van der Waals surface area contributed by atoms with Crippen molar-refractivity contribution in [3.8, 4) is 0 Å². The van der Waals surface area contributed by atoms with Crippen LogP contribution in [0.2, 0.25) is 0 Å². The molecule has 3 aromatic carbocycles. The van der Waals surface area contributed by atoms with Crippen LogP contribution in [0, 0.1) is 5.92 Å². The van der Waals surface area contributed by atoms with Crippen LogP contribution in [0.15, 0.2) is 60.7 Å². The molecule has 29 heavy (non-hydrogen) atoms. The van der Waals surface area contributed by atoms with Crippen LogP contribution in [0.5, 0.6) is 0 Å². The third-order valence-electron chi connectivity index (χ3n) is 6.41. The van der Waals surface area contributed by atoms with Gasteiger partial charge >= 0.3 is 0 Å². The second kappa shape index (κ2) is 7.03. The third kappa shape index (κ3) is 3.00. The van der Waals surface area contributed by atoms with Gasteiger partial charge in [-0.25, -0.2) is 0 Å². The largest absolute Gasteiger partial charge is 0.371 e. The van der Waals surface area contributed by atoms with E-state index < -0.39 is 0 Å². The highest BCUT2D eigenvalue weighted by atomic mass is 16.2. The van der Waals surface area contributed by atoms with Crippen molar-refractivity contribution in [2.45, 2.75) is 19.3 Å². The van der Waals surface area contributed by atoms with Gasteiger partial charge in [-0.2, -0.15) is 0 Å². The predicted molar refractivity (Wildman–Crippen MR) is 115 cm³/mol. The van der Waals surface area contributed by atoms with Gasteiger partial charge in [0.1, 0.15) is 0 Å². The molecular weight excluding hydrogens is 360 g/mol. The molecule has 0 bridgehead atoms. The average molecular weight is 384 g/mol. The summed E-state index contributed by atoms with van der Waals surface area (Å²) in [5.41, 5.74) is 3.79. The van der Waals surface area contributed by atoms with Gasteiger partial charge in [-0.3, -0.25) is 14.5 Å². The molecule has 1 fully saturated rings. The maximum absolute atomic E-state index is 12.6. The number of imide groups is 1. The standard InChI is InChI=1S/C25H24N2O2/c1-26-24(28)20-9-5-8-19-22(11-10-21(23(19)20)25(26)29)27-14-12-18(13-15-27)16-17-6-3-2-4-7-17/h2-11,18H,12-16H2,1H3. The Balaban J connectivity index is 1.43. The van der Waals surface area contributed by atoms with Crippen molar-refractivity contribution in [2.75, 3.05) is 25.0 Å². The van der Waals surface area contributed by atoms with E-state index in [-0.39, 0.29) is 11.8 Å². The Morgan fingerprint density at radius 2 is 1.52 bits per heavy atom. The Labute approximate surface area is 170 Å². The number of nitrogens with zero attached hydrogens (tertiary/aromatic N) is 2. The summed E-state index contributed by atoms with van der Waals surface area (Å²) in [5.74, 6) is 0.268. The molecule has 2 aliphatic rings. The molecule has 0 atom stereocenters. The Bertz CT molecular complexity index is 1080. The molecule has 3 aromatic rings. The summed E-state index contributed by atoms with van der Waals surface area (Å²) in [6.45, 7) is 2.00. The van der Waals surface area contributed by atoms with Crippen LogP contribution in [-0.4, -0.2) is 36.9 Å². The topological polar surface area (TPSA) is 40.6 Å². The zero-order valence-electron chi connectivity index (χ0n) is 16.6. The zero-order chi connectivity index (χ0) is 20.0. The first-order valence-electron chi connectivity index (χ1n) is 10.3. The summed E-state index contributed by atoms with van der Waals surface area (Å²) in [4.78, 5) is 28.8. The fraction of sp³-hybridized carbons (Fsp3) is 0.280. The first-order valence-corrected chi connectivity index (χ1v) is 10.3. The minimum atomic E-state index is -0.216. The fourth-order valence-electron chi connectivity index (χ4n) is 4.80. The summed E-state index contributed by atoms with van der Waals surface area (Å²) in [7, 11) is 1.55. The lowest BCUT2D eigenvalue weighted by Gasteiger charge is -2.35. The number of carbonyl (C=O) groups is 2. The van der Waals surface area contributed by atoms with E-state index in [2.05, 4.69) is 41.3 Å². The molecule has 0 radical (unpaired) electrons. The van der Waals surface area contributed by atoms with Gasteiger partial charge in [-0.05, 0) is 48.9 Å². The second-order valence-electron chi connectivity index (χ2n) is 8.15. The van der Waals surface area contributed by atoms with Crippen molar-refractivity contribution < 1.29 is 9.59 Å². The van der Waals surface area contributed by atoms with Crippen molar-refractivity contribution in [3.63, 3.8) is 0 Å². The number of rotatable bonds is 3. The van der Waals surface area contributed by atoms with Crippen LogP contribution >= 0.6 is 0 Å². The van der Waals surface area contributed by atoms with Gasteiger partial charge in [0.15, 0.2) is 0 Å². The number of amides is 2. The quantitative estimate of drug-likeness (QED) is 0.623. The number of hydrogen-bond acceptors (Lipinski definition) is 3. The number of piperidine rings is 1. The summed E-state index contributed by atoms with van der Waals surface area (Å²) in [6.07, 6.45) is 3.44. The second-order valence-corrected chi connectivity index (χ2v) is 8.15. The summed E-state index contributed by atoms with van der Waals surface area (Å²) in [5, 5.41) is 1.82. The van der Waals surface area contributed by atoms with Crippen LogP contribution in [0.25, 0.3) is 10.8 Å². The minimum Gasteiger partial charge on any atom is -0.371 e. The fourth-order valence-corrected chi connectivity index (χ4v) is 4.80. The molecule has 0 unspecified atom stereocenters. The normalized spacial score (nSPS) is 17.3. The first kappa shape index (κ1) is 17.9. The molecule has 2 amide bonds. The molecule has 0 N–H and O–H groups in total. The van der Waals surface area contributed by atoms with E-state index in [9.17, 15) is 9.59 Å². The highest BCUT2D eigenvalue weighted by Crippen LogP contribution is 2.37. The molecule has 5 rings (SSSR count). The van der Waals surface area contributed by atoms with E-state index in [1.165, 1.54) is 10.5 Å². The highest BCUT2D eigenvalue weighted by molar-refractivity contribution is 6.26. The molecule has 2 aliphatic heterocycles. The van der Waals surface area contributed by atoms with Crippen molar-refractivity contribution in [3.05, 3.63) is 77.4 Å². The van der Waals surface area contributed by atoms with Gasteiger partial charge in [0, 0.05) is 47.7 Å². The minimum absolute atomic E-state index is 0.216. The van der Waals surface area contributed by atoms with Crippen molar-refractivity contribution in [1.29, 1.82) is 0 Å². The monoisotopic (exact) mass is 384 g/mol. The van der Waals surface area contributed by atoms with Gasteiger partial charge < -0.3 is 4.90 Å². The van der Waals surface area contributed by atoms with Gasteiger partial charge in [0.05, 0.1) is 0 Å². The molecule has 0 aromatic heterocycles. The molecule has 146 valence electrons. The van der Waals surface area contributed by atoms with Gasteiger partial charge in [0.25, 0.3) is 11.8 Å². The average Bonchev–Trinajstić information content (AvgIpc) is 2.77. The van der Waals surface area contributed by atoms with Crippen LogP contribution in [-0.2, 0) is 6.42 Å². The lowest BCUT2D eigenvalue weighted by Crippen LogP contribution is -2.37. The first-order chi connectivity index (χ1) is 14.1. The Hall–Kier alpha value is -3.14. The van der Waals surface area contributed by atoms with Crippen molar-refractivity contribution in [1.82, 2.24) is 4.90 Å². The van der Waals surface area contributed by atoms with Gasteiger partial charge in [-0.15, -0.1) is 0 Å². The summed E-state index contributed by atoms with van der Waals surface area (Å²) >= 11 is 0. The van der Waals surface area contributed by atoms with Crippen molar-refractivity contribution >= 4 is 28.3 Å². The molecule has 2 heterocycles. The van der Waals surface area contributed by atoms with E-state index in [4.69, 9.17) is 0 Å². The number of benzene rings is 3. The molecular formula is C25H24N2O2. The van der Waals surface area contributed by atoms with Crippen LogP contribution in [0.1, 0.15) is 39.1 Å². The Morgan fingerprint density at radius 3 is 2.24 bits per heavy atom. The Kier molecular flexibility index (Phi) is 4.35. The lowest BCUT2D eigenvalue weighted by molar-refractivity contribution is 0.0650. The smallest absolute Gasteiger partial charge is 0.261 e. The summed E-state index contributed by atoms with van der Waals surface area (Å²) in [6, 6.07) is 20.5. The SMILES string of the molecule is CN1C(=O)c2cccc3c(N4CCC(Cc5ccccc5)CC4)ccc(c23)C1=O. The number of anilines is 1. The molecule has 4 nitrogen and oxygen atoms in total. The number of carbonyl (C=O) groups excluding carboxylic acids is 2. The van der Waals surface area contributed by atoms with E-state index in [0.717, 1.165) is 48.8 Å². The third-order valence-corrected chi connectivity index (χ3v) is 6.41. The summed E-state index contributed by atoms with van der Waals surface area (Å²) < 4.78 is 0. The lowest BCUT2D eigenvalue weighted by atomic mass is 9.89. The van der Waals surface area contributed by atoms with E-state index >= 15 is 0 Å². The van der Waals surface area contributed by atoms with Crippen LogP contribution < -0.4 is 4.90 Å². The van der Waals surface area contributed by atoms with Gasteiger partial charge in [-0.1, -0.05) is 42.5 Å². The molecule has 1 saturated heterocycles. The maximum atomic E-state index is 12.6. The highest BCUT2D eigenvalue weighted by Gasteiger charge is 2.31. The van der Waals surface area contributed by atoms with Gasteiger partial charge in [0.2, 0.25) is 0 Å². The van der Waals surface area contributed by atoms with E-state index in [1.54, 1.807) is 7.05 Å². The number of hydrogen-bond donors (Lipinski definition) is 0. The van der Waals surface area contributed by atoms with E-state index in [1.807, 2.05) is 24.3 Å².